The van der Waals surface area contributed by atoms with Crippen molar-refractivity contribution in [1.29, 1.82) is 0 Å². The van der Waals surface area contributed by atoms with Gasteiger partial charge in [0.25, 0.3) is 5.91 Å². The van der Waals surface area contributed by atoms with Crippen LogP contribution in [0.3, 0.4) is 0 Å². The Labute approximate surface area is 152 Å². The summed E-state index contributed by atoms with van der Waals surface area (Å²) in [6, 6.07) is 25.0. The van der Waals surface area contributed by atoms with E-state index in [4.69, 9.17) is 16.3 Å². The number of carbonyl (C=O) groups is 1. The first kappa shape index (κ1) is 17.1. The third kappa shape index (κ3) is 4.85. The van der Waals surface area contributed by atoms with Crippen molar-refractivity contribution in [3.8, 4) is 16.9 Å². The van der Waals surface area contributed by atoms with Gasteiger partial charge in [-0.25, -0.2) is 0 Å². The highest BCUT2D eigenvalue weighted by Crippen LogP contribution is 2.29. The fourth-order valence-corrected chi connectivity index (χ4v) is 2.70. The Morgan fingerprint density at radius 1 is 0.920 bits per heavy atom. The van der Waals surface area contributed by atoms with Crippen LogP contribution in [-0.2, 0) is 11.3 Å². The van der Waals surface area contributed by atoms with E-state index in [9.17, 15) is 4.79 Å². The predicted octanol–water partition coefficient (Wildman–Crippen LogP) is 4.70. The van der Waals surface area contributed by atoms with Crippen LogP contribution in [0.5, 0.6) is 5.75 Å². The zero-order chi connectivity index (χ0) is 17.5. The van der Waals surface area contributed by atoms with Crippen LogP contribution in [0.15, 0.2) is 78.9 Å². The SMILES string of the molecule is O=C(COc1ccccc1-c1ccccc1)NCc1cccc(Cl)c1. The van der Waals surface area contributed by atoms with Crippen LogP contribution in [0, 0.1) is 0 Å². The van der Waals surface area contributed by atoms with Gasteiger partial charge in [-0.3, -0.25) is 4.79 Å². The van der Waals surface area contributed by atoms with Crippen molar-refractivity contribution < 1.29 is 9.53 Å². The minimum absolute atomic E-state index is 0.0373. The molecule has 4 heteroatoms. The molecule has 0 bridgehead atoms. The summed E-state index contributed by atoms with van der Waals surface area (Å²) < 4.78 is 5.73. The molecule has 25 heavy (non-hydrogen) atoms. The van der Waals surface area contributed by atoms with Gasteiger partial charge < -0.3 is 10.1 Å². The van der Waals surface area contributed by atoms with E-state index in [-0.39, 0.29) is 12.5 Å². The van der Waals surface area contributed by atoms with Gasteiger partial charge in [0.15, 0.2) is 6.61 Å². The highest BCUT2D eigenvalue weighted by Gasteiger charge is 2.08. The Hall–Kier alpha value is -2.78. The van der Waals surface area contributed by atoms with Gasteiger partial charge in [0, 0.05) is 17.1 Å². The molecular formula is C21H18ClNO2. The van der Waals surface area contributed by atoms with Crippen LogP contribution >= 0.6 is 11.6 Å². The maximum atomic E-state index is 12.1. The topological polar surface area (TPSA) is 38.3 Å². The first-order valence-corrected chi connectivity index (χ1v) is 8.38. The molecule has 3 nitrogen and oxygen atoms in total. The van der Waals surface area contributed by atoms with Gasteiger partial charge in [-0.05, 0) is 29.3 Å². The maximum Gasteiger partial charge on any atom is 0.258 e. The van der Waals surface area contributed by atoms with E-state index < -0.39 is 0 Å². The molecule has 126 valence electrons. The minimum atomic E-state index is -0.178. The highest BCUT2D eigenvalue weighted by molar-refractivity contribution is 6.30. The molecule has 3 aromatic carbocycles. The Kier molecular flexibility index (Phi) is 5.70. The second-order valence-corrected chi connectivity index (χ2v) is 5.99. The van der Waals surface area contributed by atoms with E-state index in [1.54, 1.807) is 6.07 Å². The van der Waals surface area contributed by atoms with E-state index in [1.165, 1.54) is 0 Å². The van der Waals surface area contributed by atoms with Crippen molar-refractivity contribution in [3.05, 3.63) is 89.4 Å². The van der Waals surface area contributed by atoms with E-state index >= 15 is 0 Å². The number of hydrogen-bond acceptors (Lipinski definition) is 2. The largest absolute Gasteiger partial charge is 0.483 e. The summed E-state index contributed by atoms with van der Waals surface area (Å²) in [5.41, 5.74) is 2.97. The number of carbonyl (C=O) groups excluding carboxylic acids is 1. The molecule has 0 fully saturated rings. The maximum absolute atomic E-state index is 12.1. The van der Waals surface area contributed by atoms with E-state index in [0.717, 1.165) is 16.7 Å². The summed E-state index contributed by atoms with van der Waals surface area (Å²) in [5, 5.41) is 3.49. The number of rotatable bonds is 6. The summed E-state index contributed by atoms with van der Waals surface area (Å²) in [7, 11) is 0. The number of ether oxygens (including phenoxy) is 1. The van der Waals surface area contributed by atoms with Gasteiger partial charge in [0.1, 0.15) is 5.75 Å². The van der Waals surface area contributed by atoms with Crippen molar-refractivity contribution in [1.82, 2.24) is 5.32 Å². The highest BCUT2D eigenvalue weighted by atomic mass is 35.5. The van der Waals surface area contributed by atoms with Crippen LogP contribution in [0.1, 0.15) is 5.56 Å². The van der Waals surface area contributed by atoms with Crippen LogP contribution in [0.4, 0.5) is 0 Å². The third-order valence-electron chi connectivity index (χ3n) is 3.71. The van der Waals surface area contributed by atoms with E-state index in [2.05, 4.69) is 5.32 Å². The lowest BCUT2D eigenvalue weighted by Gasteiger charge is -2.12. The molecule has 0 spiro atoms. The minimum Gasteiger partial charge on any atom is -0.483 e. The second kappa shape index (κ2) is 8.36. The molecule has 0 saturated carbocycles. The molecule has 3 rings (SSSR count). The van der Waals surface area contributed by atoms with Crippen LogP contribution in [0.25, 0.3) is 11.1 Å². The van der Waals surface area contributed by atoms with Gasteiger partial charge in [0.2, 0.25) is 0 Å². The second-order valence-electron chi connectivity index (χ2n) is 5.56. The van der Waals surface area contributed by atoms with Gasteiger partial charge in [-0.2, -0.15) is 0 Å². The molecule has 0 aliphatic rings. The zero-order valence-electron chi connectivity index (χ0n) is 13.6. The van der Waals surface area contributed by atoms with E-state index in [0.29, 0.717) is 17.3 Å². The third-order valence-corrected chi connectivity index (χ3v) is 3.94. The molecule has 1 amide bonds. The average Bonchev–Trinajstić information content (AvgIpc) is 2.66. The Morgan fingerprint density at radius 3 is 2.48 bits per heavy atom. The van der Waals surface area contributed by atoms with Crippen LogP contribution < -0.4 is 10.1 Å². The Balaban J connectivity index is 1.59. The van der Waals surface area contributed by atoms with Crippen molar-refractivity contribution in [3.63, 3.8) is 0 Å². The molecule has 0 saturated heterocycles. The van der Waals surface area contributed by atoms with Crippen molar-refractivity contribution in [2.24, 2.45) is 0 Å². The molecule has 3 aromatic rings. The van der Waals surface area contributed by atoms with Crippen LogP contribution in [0.2, 0.25) is 5.02 Å². The Morgan fingerprint density at radius 2 is 1.68 bits per heavy atom. The summed E-state index contributed by atoms with van der Waals surface area (Å²) in [6.45, 7) is 0.382. The summed E-state index contributed by atoms with van der Waals surface area (Å²) >= 11 is 5.94. The fraction of sp³-hybridized carbons (Fsp3) is 0.0952. The molecule has 0 aliphatic heterocycles. The predicted molar refractivity (Wildman–Crippen MR) is 101 cm³/mol. The molecule has 1 N–H and O–H groups in total. The molecule has 0 heterocycles. The number of nitrogens with one attached hydrogen (secondary N) is 1. The van der Waals surface area contributed by atoms with E-state index in [1.807, 2.05) is 72.8 Å². The summed E-state index contributed by atoms with van der Waals surface area (Å²) in [4.78, 5) is 12.1. The van der Waals surface area contributed by atoms with Crippen molar-refractivity contribution >= 4 is 17.5 Å². The quantitative estimate of drug-likeness (QED) is 0.699. The number of para-hydroxylation sites is 1. The molecule has 0 radical (unpaired) electrons. The Bertz CT molecular complexity index is 849. The molecule has 0 aromatic heterocycles. The number of halogens is 1. The zero-order valence-corrected chi connectivity index (χ0v) is 14.4. The lowest BCUT2D eigenvalue weighted by Crippen LogP contribution is -2.28. The number of hydrogen-bond donors (Lipinski definition) is 1. The molecular weight excluding hydrogens is 334 g/mol. The van der Waals surface area contributed by atoms with Gasteiger partial charge in [0.05, 0.1) is 0 Å². The van der Waals surface area contributed by atoms with Gasteiger partial charge in [-0.15, -0.1) is 0 Å². The van der Waals surface area contributed by atoms with Crippen molar-refractivity contribution in [2.75, 3.05) is 6.61 Å². The number of benzene rings is 3. The van der Waals surface area contributed by atoms with Crippen LogP contribution in [-0.4, -0.2) is 12.5 Å². The normalized spacial score (nSPS) is 10.3. The summed E-state index contributed by atoms with van der Waals surface area (Å²) in [5.74, 6) is 0.509. The first-order valence-electron chi connectivity index (χ1n) is 8.01. The first-order chi connectivity index (χ1) is 12.2. The monoisotopic (exact) mass is 351 g/mol. The smallest absolute Gasteiger partial charge is 0.258 e. The summed E-state index contributed by atoms with van der Waals surface area (Å²) in [6.07, 6.45) is 0. The molecule has 0 atom stereocenters. The molecule has 0 aliphatic carbocycles. The van der Waals surface area contributed by atoms with Crippen molar-refractivity contribution in [2.45, 2.75) is 6.54 Å². The fourth-order valence-electron chi connectivity index (χ4n) is 2.49. The van der Waals surface area contributed by atoms with Gasteiger partial charge in [-0.1, -0.05) is 72.3 Å². The lowest BCUT2D eigenvalue weighted by atomic mass is 10.1. The average molecular weight is 352 g/mol. The standard InChI is InChI=1S/C21H18ClNO2/c22-18-10-6-7-16(13-18)14-23-21(24)15-25-20-12-5-4-11-19(20)17-8-2-1-3-9-17/h1-13H,14-15H2,(H,23,24). The lowest BCUT2D eigenvalue weighted by molar-refractivity contribution is -0.123. The molecule has 0 unspecified atom stereocenters. The number of amides is 1. The van der Waals surface area contributed by atoms with Gasteiger partial charge >= 0.3 is 0 Å².